The van der Waals surface area contributed by atoms with Gasteiger partial charge < -0.3 is 0 Å². The number of aromatic amines is 1. The third-order valence-corrected chi connectivity index (χ3v) is 3.77. The topological polar surface area (TPSA) is 50.7 Å². The van der Waals surface area contributed by atoms with Crippen molar-refractivity contribution in [2.75, 3.05) is 0 Å². The lowest BCUT2D eigenvalue weighted by Crippen LogP contribution is -2.17. The molecule has 0 unspecified atom stereocenters. The molecule has 1 N–H and O–H groups in total. The van der Waals surface area contributed by atoms with Gasteiger partial charge in [-0.1, -0.05) is 24.9 Å². The molecule has 3 rings (SSSR count). The minimum absolute atomic E-state index is 0.0250. The van der Waals surface area contributed by atoms with Gasteiger partial charge in [-0.3, -0.25) is 14.9 Å². The summed E-state index contributed by atoms with van der Waals surface area (Å²) in [7, 11) is 0. The third-order valence-electron chi connectivity index (χ3n) is 3.52. The second-order valence-corrected chi connectivity index (χ2v) is 5.51. The Labute approximate surface area is 133 Å². The van der Waals surface area contributed by atoms with Crippen LogP contribution in [0.25, 0.3) is 16.9 Å². The van der Waals surface area contributed by atoms with Crippen LogP contribution in [0.2, 0.25) is 5.02 Å². The number of benzene rings is 1. The van der Waals surface area contributed by atoms with Crippen molar-refractivity contribution in [3.8, 4) is 16.9 Å². The Hall–Kier alpha value is -2.33. The molecule has 3 aromatic rings. The summed E-state index contributed by atoms with van der Waals surface area (Å²) in [6.45, 7) is 2.06. The molecule has 5 heteroatoms. The molecular weight excluding hydrogens is 298 g/mol. The van der Waals surface area contributed by atoms with Crippen LogP contribution in [0.1, 0.15) is 18.9 Å². The fourth-order valence-electron chi connectivity index (χ4n) is 2.48. The van der Waals surface area contributed by atoms with Gasteiger partial charge in [-0.15, -0.1) is 0 Å². The average Bonchev–Trinajstić information content (AvgIpc) is 2.87. The van der Waals surface area contributed by atoms with E-state index in [4.69, 9.17) is 11.6 Å². The van der Waals surface area contributed by atoms with E-state index >= 15 is 0 Å². The Morgan fingerprint density at radius 3 is 2.64 bits per heavy atom. The summed E-state index contributed by atoms with van der Waals surface area (Å²) in [6, 6.07) is 11.0. The minimum Gasteiger partial charge on any atom is -0.290 e. The highest BCUT2D eigenvalue weighted by atomic mass is 35.5. The van der Waals surface area contributed by atoms with Crippen LogP contribution in [0.5, 0.6) is 0 Å². The summed E-state index contributed by atoms with van der Waals surface area (Å²) < 4.78 is 1.56. The first-order chi connectivity index (χ1) is 10.7. The molecule has 0 saturated heterocycles. The highest BCUT2D eigenvalue weighted by molar-refractivity contribution is 6.30. The predicted octanol–water partition coefficient (Wildman–Crippen LogP) is 3.83. The van der Waals surface area contributed by atoms with E-state index in [1.165, 1.54) is 0 Å². The fourth-order valence-corrected chi connectivity index (χ4v) is 2.60. The Morgan fingerprint density at radius 2 is 2.00 bits per heavy atom. The number of hydrogen-bond donors (Lipinski definition) is 1. The molecular formula is C17H16ClN3O. The van der Waals surface area contributed by atoms with Gasteiger partial charge in [-0.25, -0.2) is 4.68 Å². The molecule has 0 atom stereocenters. The molecule has 2 aromatic heterocycles. The van der Waals surface area contributed by atoms with E-state index in [-0.39, 0.29) is 5.56 Å². The summed E-state index contributed by atoms with van der Waals surface area (Å²) in [4.78, 5) is 16.9. The van der Waals surface area contributed by atoms with Crippen molar-refractivity contribution in [1.29, 1.82) is 0 Å². The zero-order valence-corrected chi connectivity index (χ0v) is 13.0. The number of rotatable bonds is 4. The van der Waals surface area contributed by atoms with Gasteiger partial charge in [0.15, 0.2) is 0 Å². The molecule has 1 aromatic carbocycles. The molecule has 0 aliphatic carbocycles. The van der Waals surface area contributed by atoms with Gasteiger partial charge >= 0.3 is 0 Å². The first kappa shape index (κ1) is 14.6. The quantitative estimate of drug-likeness (QED) is 0.795. The van der Waals surface area contributed by atoms with Crippen molar-refractivity contribution >= 4 is 11.6 Å². The number of pyridine rings is 1. The van der Waals surface area contributed by atoms with Gasteiger partial charge in [-0.2, -0.15) is 0 Å². The highest BCUT2D eigenvalue weighted by Gasteiger charge is 2.16. The monoisotopic (exact) mass is 313 g/mol. The number of nitrogens with zero attached hydrogens (tertiary/aromatic N) is 2. The third kappa shape index (κ3) is 2.70. The summed E-state index contributed by atoms with van der Waals surface area (Å²) in [5.41, 5.74) is 3.26. The minimum atomic E-state index is -0.0250. The zero-order chi connectivity index (χ0) is 15.5. The summed E-state index contributed by atoms with van der Waals surface area (Å²) in [5, 5.41) is 3.85. The van der Waals surface area contributed by atoms with Crippen molar-refractivity contribution in [2.24, 2.45) is 0 Å². The van der Waals surface area contributed by atoms with E-state index in [0.29, 0.717) is 5.02 Å². The second-order valence-electron chi connectivity index (χ2n) is 5.07. The normalized spacial score (nSPS) is 10.8. The lowest BCUT2D eigenvalue weighted by atomic mass is 10.1. The van der Waals surface area contributed by atoms with Crippen molar-refractivity contribution < 1.29 is 0 Å². The molecule has 0 fully saturated rings. The maximum absolute atomic E-state index is 12.7. The van der Waals surface area contributed by atoms with Crippen LogP contribution in [0.4, 0.5) is 0 Å². The van der Waals surface area contributed by atoms with E-state index < -0.39 is 0 Å². The smallest absolute Gasteiger partial charge is 0.275 e. The first-order valence-electron chi connectivity index (χ1n) is 7.21. The van der Waals surface area contributed by atoms with E-state index in [1.807, 2.05) is 24.3 Å². The van der Waals surface area contributed by atoms with Gasteiger partial charge in [0.2, 0.25) is 0 Å². The maximum atomic E-state index is 12.7. The molecule has 0 bridgehead atoms. The Bertz CT molecular complexity index is 819. The molecule has 0 spiro atoms. The fraction of sp³-hybridized carbons (Fsp3) is 0.176. The molecule has 22 heavy (non-hydrogen) atoms. The lowest BCUT2D eigenvalue weighted by Gasteiger charge is -2.02. The van der Waals surface area contributed by atoms with E-state index in [1.54, 1.807) is 29.2 Å². The summed E-state index contributed by atoms with van der Waals surface area (Å²) in [5.74, 6) is 0. The molecule has 0 radical (unpaired) electrons. The van der Waals surface area contributed by atoms with E-state index in [9.17, 15) is 4.79 Å². The van der Waals surface area contributed by atoms with Crippen LogP contribution in [0.15, 0.2) is 53.6 Å². The Kier molecular flexibility index (Phi) is 4.11. The van der Waals surface area contributed by atoms with Crippen molar-refractivity contribution in [3.05, 3.63) is 69.7 Å². The number of hydrogen-bond acceptors (Lipinski definition) is 2. The summed E-state index contributed by atoms with van der Waals surface area (Å²) in [6.07, 6.45) is 5.11. The van der Waals surface area contributed by atoms with Crippen molar-refractivity contribution in [1.82, 2.24) is 14.8 Å². The van der Waals surface area contributed by atoms with E-state index in [0.717, 1.165) is 35.3 Å². The van der Waals surface area contributed by atoms with Gasteiger partial charge in [0.05, 0.1) is 11.4 Å². The van der Waals surface area contributed by atoms with Crippen LogP contribution in [-0.2, 0) is 6.42 Å². The molecule has 112 valence electrons. The van der Waals surface area contributed by atoms with Gasteiger partial charge in [-0.05, 0) is 42.8 Å². The molecule has 0 aliphatic rings. The molecule has 0 saturated carbocycles. The molecule has 0 amide bonds. The van der Waals surface area contributed by atoms with E-state index in [2.05, 4.69) is 17.0 Å². The van der Waals surface area contributed by atoms with Crippen LogP contribution >= 0.6 is 11.6 Å². The lowest BCUT2D eigenvalue weighted by molar-refractivity contribution is 0.842. The molecule has 4 nitrogen and oxygen atoms in total. The van der Waals surface area contributed by atoms with Crippen LogP contribution in [0, 0.1) is 0 Å². The van der Waals surface area contributed by atoms with Gasteiger partial charge in [0.25, 0.3) is 5.56 Å². The maximum Gasteiger partial charge on any atom is 0.275 e. The Balaban J connectivity index is 2.17. The van der Waals surface area contributed by atoms with Crippen LogP contribution in [0.3, 0.4) is 0 Å². The number of aromatic nitrogens is 3. The number of H-pyrrole nitrogens is 1. The SMILES string of the molecule is CCCc1c(-c2cccnc2)[nH]n(-c2ccc(Cl)cc2)c1=O. The van der Waals surface area contributed by atoms with Gasteiger partial charge in [0, 0.05) is 28.5 Å². The Morgan fingerprint density at radius 1 is 1.23 bits per heavy atom. The number of nitrogens with one attached hydrogen (secondary N) is 1. The van der Waals surface area contributed by atoms with Crippen LogP contribution < -0.4 is 5.56 Å². The highest BCUT2D eigenvalue weighted by Crippen LogP contribution is 2.21. The van der Waals surface area contributed by atoms with Crippen molar-refractivity contribution in [3.63, 3.8) is 0 Å². The van der Waals surface area contributed by atoms with Crippen molar-refractivity contribution in [2.45, 2.75) is 19.8 Å². The molecule has 0 aliphatic heterocycles. The van der Waals surface area contributed by atoms with Crippen LogP contribution in [-0.4, -0.2) is 14.8 Å². The molecule has 2 heterocycles. The predicted molar refractivity (Wildman–Crippen MR) is 88.6 cm³/mol. The van der Waals surface area contributed by atoms with Gasteiger partial charge in [0.1, 0.15) is 0 Å². The average molecular weight is 314 g/mol. The first-order valence-corrected chi connectivity index (χ1v) is 7.58. The number of halogens is 1. The zero-order valence-electron chi connectivity index (χ0n) is 12.2. The standard InChI is InChI=1S/C17H16ClN3O/c1-2-4-15-16(12-5-3-10-19-11-12)20-21(17(15)22)14-8-6-13(18)7-9-14/h3,5-11,20H,2,4H2,1H3. The largest absolute Gasteiger partial charge is 0.290 e. The second kappa shape index (κ2) is 6.20. The summed E-state index contributed by atoms with van der Waals surface area (Å²) >= 11 is 5.92.